The van der Waals surface area contributed by atoms with Crippen LogP contribution >= 0.6 is 11.3 Å². The fourth-order valence-corrected chi connectivity index (χ4v) is 4.48. The van der Waals surface area contributed by atoms with Crippen LogP contribution in [0.1, 0.15) is 17.0 Å². The average molecular weight is 294 g/mol. The average Bonchev–Trinajstić information content (AvgIpc) is 3.19. The van der Waals surface area contributed by atoms with Crippen LogP contribution in [0.25, 0.3) is 27.5 Å². The van der Waals surface area contributed by atoms with E-state index in [2.05, 4.69) is 34.3 Å². The van der Waals surface area contributed by atoms with Crippen molar-refractivity contribution >= 4 is 27.3 Å². The Kier molecular flexibility index (Phi) is 2.16. The summed E-state index contributed by atoms with van der Waals surface area (Å²) >= 11 is 1.83. The van der Waals surface area contributed by atoms with E-state index in [-0.39, 0.29) is 0 Å². The molecule has 0 aliphatic heterocycles. The second kappa shape index (κ2) is 3.95. The number of fused-ring (bicyclic) bond motifs is 4. The Bertz CT molecular complexity index is 989. The number of hydrogen-bond donors (Lipinski definition) is 0. The quantitative estimate of drug-likeness (QED) is 0.539. The third kappa shape index (κ3) is 1.49. The molecule has 3 aromatic heterocycles. The van der Waals surface area contributed by atoms with Crippen molar-refractivity contribution < 1.29 is 0 Å². The number of rotatable bonds is 1. The fourth-order valence-electron chi connectivity index (χ4n) is 3.29. The largest absolute Gasteiger partial charge is 0.326 e. The van der Waals surface area contributed by atoms with E-state index < -0.39 is 0 Å². The molecule has 5 rings (SSSR count). The van der Waals surface area contributed by atoms with Gasteiger partial charge in [-0.1, -0.05) is 12.1 Å². The number of imidazole rings is 2. The molecule has 0 saturated heterocycles. The van der Waals surface area contributed by atoms with Crippen molar-refractivity contribution in [1.82, 2.24) is 18.9 Å². The lowest BCUT2D eigenvalue weighted by molar-refractivity contribution is 0.888. The second-order valence-corrected chi connectivity index (χ2v) is 6.65. The molecule has 1 aliphatic carbocycles. The van der Waals surface area contributed by atoms with Crippen molar-refractivity contribution in [2.45, 2.75) is 19.3 Å². The maximum atomic E-state index is 4.80. The number of hydrogen-bond acceptors (Lipinski definition) is 3. The summed E-state index contributed by atoms with van der Waals surface area (Å²) in [6, 6.07) is 8.22. The number of aromatic nitrogens is 4. The van der Waals surface area contributed by atoms with E-state index in [1.54, 1.807) is 0 Å². The Morgan fingerprint density at radius 3 is 2.95 bits per heavy atom. The number of benzene rings is 1. The van der Waals surface area contributed by atoms with Gasteiger partial charge in [-0.05, 0) is 31.4 Å². The maximum Gasteiger partial charge on any atom is 0.194 e. The standard InChI is InChI=1S/C16H14N4S/c1-19-12-6-3-2-5-10(12)17-15(19)11-9-20-13-7-4-8-14(13)21-16(20)18-11/h2-3,5-6,9H,4,7-8H2,1H3. The van der Waals surface area contributed by atoms with Gasteiger partial charge in [0.05, 0.1) is 11.0 Å². The molecule has 0 atom stereocenters. The minimum atomic E-state index is 0.943. The molecule has 5 heteroatoms. The van der Waals surface area contributed by atoms with Gasteiger partial charge in [0.15, 0.2) is 10.8 Å². The Hall–Kier alpha value is -2.14. The van der Waals surface area contributed by atoms with Gasteiger partial charge in [0.25, 0.3) is 0 Å². The first-order chi connectivity index (χ1) is 10.3. The number of aryl methyl sites for hydroxylation is 3. The molecule has 0 bridgehead atoms. The first-order valence-electron chi connectivity index (χ1n) is 7.23. The van der Waals surface area contributed by atoms with Gasteiger partial charge in [-0.15, -0.1) is 11.3 Å². The molecule has 0 amide bonds. The molecule has 4 aromatic rings. The molecule has 1 aromatic carbocycles. The van der Waals surface area contributed by atoms with E-state index in [0.717, 1.165) is 27.5 Å². The second-order valence-electron chi connectivity index (χ2n) is 5.59. The van der Waals surface area contributed by atoms with Crippen molar-refractivity contribution in [3.63, 3.8) is 0 Å². The molecule has 21 heavy (non-hydrogen) atoms. The van der Waals surface area contributed by atoms with Gasteiger partial charge in [-0.3, -0.25) is 4.40 Å². The van der Waals surface area contributed by atoms with Crippen LogP contribution in [0, 0.1) is 0 Å². The number of nitrogens with zero attached hydrogens (tertiary/aromatic N) is 4. The molecular weight excluding hydrogens is 280 g/mol. The zero-order valence-electron chi connectivity index (χ0n) is 11.7. The van der Waals surface area contributed by atoms with E-state index in [1.165, 1.54) is 29.8 Å². The third-order valence-electron chi connectivity index (χ3n) is 4.33. The summed E-state index contributed by atoms with van der Waals surface area (Å²) in [6.07, 6.45) is 5.81. The van der Waals surface area contributed by atoms with Crippen LogP contribution in [0.15, 0.2) is 30.5 Å². The lowest BCUT2D eigenvalue weighted by Gasteiger charge is -1.98. The fraction of sp³-hybridized carbons (Fsp3) is 0.250. The van der Waals surface area contributed by atoms with Crippen LogP contribution in [0.5, 0.6) is 0 Å². The Labute approximate surface area is 125 Å². The Balaban J connectivity index is 1.75. The van der Waals surface area contributed by atoms with Gasteiger partial charge < -0.3 is 4.57 Å². The van der Waals surface area contributed by atoms with Crippen molar-refractivity contribution in [2.75, 3.05) is 0 Å². The Morgan fingerprint density at radius 1 is 1.14 bits per heavy atom. The summed E-state index contributed by atoms with van der Waals surface area (Å²) in [5.41, 5.74) is 4.59. The van der Waals surface area contributed by atoms with Gasteiger partial charge in [0.2, 0.25) is 0 Å². The highest BCUT2D eigenvalue weighted by atomic mass is 32.1. The van der Waals surface area contributed by atoms with Crippen LogP contribution in [-0.4, -0.2) is 18.9 Å². The summed E-state index contributed by atoms with van der Waals surface area (Å²) < 4.78 is 4.39. The van der Waals surface area contributed by atoms with E-state index >= 15 is 0 Å². The van der Waals surface area contributed by atoms with Gasteiger partial charge in [-0.2, -0.15) is 0 Å². The topological polar surface area (TPSA) is 35.1 Å². The van der Waals surface area contributed by atoms with Crippen molar-refractivity contribution in [2.24, 2.45) is 7.05 Å². The van der Waals surface area contributed by atoms with E-state index in [9.17, 15) is 0 Å². The van der Waals surface area contributed by atoms with Crippen LogP contribution in [-0.2, 0) is 19.9 Å². The highest BCUT2D eigenvalue weighted by Gasteiger charge is 2.21. The van der Waals surface area contributed by atoms with Gasteiger partial charge >= 0.3 is 0 Å². The predicted octanol–water partition coefficient (Wildman–Crippen LogP) is 3.44. The van der Waals surface area contributed by atoms with E-state index in [1.807, 2.05) is 23.5 Å². The molecule has 0 saturated carbocycles. The van der Waals surface area contributed by atoms with Gasteiger partial charge in [-0.25, -0.2) is 9.97 Å². The van der Waals surface area contributed by atoms with Gasteiger partial charge in [0.1, 0.15) is 5.69 Å². The van der Waals surface area contributed by atoms with E-state index in [0.29, 0.717) is 0 Å². The lowest BCUT2D eigenvalue weighted by Crippen LogP contribution is -1.92. The van der Waals surface area contributed by atoms with Gasteiger partial charge in [0, 0.05) is 23.8 Å². The molecular formula is C16H14N4S. The predicted molar refractivity (Wildman–Crippen MR) is 84.8 cm³/mol. The molecule has 0 N–H and O–H groups in total. The normalized spacial score (nSPS) is 14.3. The lowest BCUT2D eigenvalue weighted by atomic mass is 10.3. The van der Waals surface area contributed by atoms with Crippen LogP contribution in [0.2, 0.25) is 0 Å². The molecule has 0 spiro atoms. The monoisotopic (exact) mass is 294 g/mol. The summed E-state index contributed by atoms with van der Waals surface area (Å²) in [7, 11) is 2.06. The first-order valence-corrected chi connectivity index (χ1v) is 8.04. The minimum Gasteiger partial charge on any atom is -0.326 e. The first kappa shape index (κ1) is 11.5. The molecule has 4 nitrogen and oxygen atoms in total. The highest BCUT2D eigenvalue weighted by Crippen LogP contribution is 2.33. The van der Waals surface area contributed by atoms with E-state index in [4.69, 9.17) is 9.97 Å². The zero-order valence-corrected chi connectivity index (χ0v) is 12.5. The third-order valence-corrected chi connectivity index (χ3v) is 5.49. The highest BCUT2D eigenvalue weighted by molar-refractivity contribution is 7.17. The number of thiazole rings is 1. The molecule has 0 fully saturated rings. The van der Waals surface area contributed by atoms with Crippen LogP contribution in [0.4, 0.5) is 0 Å². The molecule has 0 unspecified atom stereocenters. The van der Waals surface area contributed by atoms with Crippen LogP contribution < -0.4 is 0 Å². The maximum absolute atomic E-state index is 4.80. The smallest absolute Gasteiger partial charge is 0.194 e. The Morgan fingerprint density at radius 2 is 2.05 bits per heavy atom. The number of para-hydroxylation sites is 2. The summed E-state index contributed by atoms with van der Waals surface area (Å²) in [5, 5.41) is 0. The SMILES string of the molecule is Cn1c(-c2cn3c4c(sc3n2)CCC4)nc2ccccc21. The van der Waals surface area contributed by atoms with Crippen molar-refractivity contribution in [3.05, 3.63) is 41.0 Å². The molecule has 104 valence electrons. The van der Waals surface area contributed by atoms with Crippen molar-refractivity contribution in [3.8, 4) is 11.5 Å². The zero-order chi connectivity index (χ0) is 14.0. The van der Waals surface area contributed by atoms with Crippen LogP contribution in [0.3, 0.4) is 0 Å². The summed E-state index contributed by atoms with van der Waals surface area (Å²) in [6.45, 7) is 0. The molecule has 0 radical (unpaired) electrons. The summed E-state index contributed by atoms with van der Waals surface area (Å²) in [5.74, 6) is 0.943. The van der Waals surface area contributed by atoms with Crippen molar-refractivity contribution in [1.29, 1.82) is 0 Å². The molecule has 1 aliphatic rings. The summed E-state index contributed by atoms with van der Waals surface area (Å²) in [4.78, 5) is 12.2. The molecule has 3 heterocycles. The minimum absolute atomic E-state index is 0.943.